The molecule has 0 radical (unpaired) electrons. The van der Waals surface area contributed by atoms with E-state index in [0.717, 1.165) is 32.2 Å². The number of rotatable bonds is 6. The molecule has 25 heavy (non-hydrogen) atoms. The number of allylic oxidation sites excluding steroid dienone is 4. The third-order valence-corrected chi connectivity index (χ3v) is 4.98. The van der Waals surface area contributed by atoms with Crippen LogP contribution in [-0.2, 0) is 0 Å². The van der Waals surface area contributed by atoms with Gasteiger partial charge in [-0.3, -0.25) is 0 Å². The fourth-order valence-electron chi connectivity index (χ4n) is 3.85. The number of anilines is 1. The molecule has 0 saturated carbocycles. The van der Waals surface area contributed by atoms with Crippen LogP contribution in [0, 0.1) is 0 Å². The maximum atomic E-state index is 9.59. The van der Waals surface area contributed by atoms with Gasteiger partial charge in [-0.25, -0.2) is 0 Å². The number of benzene rings is 1. The van der Waals surface area contributed by atoms with Gasteiger partial charge >= 0.3 is 0 Å². The van der Waals surface area contributed by atoms with Gasteiger partial charge in [-0.05, 0) is 55.5 Å². The van der Waals surface area contributed by atoms with E-state index in [9.17, 15) is 5.11 Å². The highest BCUT2D eigenvalue weighted by Crippen LogP contribution is 2.40. The Morgan fingerprint density at radius 3 is 2.68 bits per heavy atom. The van der Waals surface area contributed by atoms with Gasteiger partial charge in [0.2, 0.25) is 0 Å². The summed E-state index contributed by atoms with van der Waals surface area (Å²) in [6.07, 6.45) is 10.8. The average molecular weight is 336 g/mol. The molecule has 1 aliphatic carbocycles. The summed E-state index contributed by atoms with van der Waals surface area (Å²) in [7, 11) is 0. The zero-order valence-electron chi connectivity index (χ0n) is 15.3. The molecular formula is C22H28N2O. The molecule has 1 heterocycles. The molecule has 3 heteroatoms. The summed E-state index contributed by atoms with van der Waals surface area (Å²) in [6, 6.07) is 10.6. The number of aliphatic hydroxyl groups excluding tert-OH is 1. The first kappa shape index (κ1) is 17.4. The van der Waals surface area contributed by atoms with E-state index in [2.05, 4.69) is 72.7 Å². The Morgan fingerprint density at radius 1 is 1.28 bits per heavy atom. The largest absolute Gasteiger partial charge is 0.509 e. The van der Waals surface area contributed by atoms with Crippen molar-refractivity contribution in [3.8, 4) is 0 Å². The van der Waals surface area contributed by atoms with Crippen LogP contribution in [0.2, 0.25) is 0 Å². The summed E-state index contributed by atoms with van der Waals surface area (Å²) in [4.78, 5) is 4.98. The second-order valence-electron chi connectivity index (χ2n) is 6.64. The average Bonchev–Trinajstić information content (AvgIpc) is 2.95. The zero-order chi connectivity index (χ0) is 17.8. The summed E-state index contributed by atoms with van der Waals surface area (Å²) in [5.74, 6) is 0.141. The molecule has 0 amide bonds. The Labute approximate surface area is 151 Å². The lowest BCUT2D eigenvalue weighted by Crippen LogP contribution is -2.41. The Bertz CT molecular complexity index is 715. The monoisotopic (exact) mass is 336 g/mol. The van der Waals surface area contributed by atoms with Gasteiger partial charge in [-0.2, -0.15) is 0 Å². The lowest BCUT2D eigenvalue weighted by atomic mass is 10.1. The SMILES string of the molecule is C=C(O)/C=C(\CC)CN1C2=C(C=CCC2)N(c2ccccc2)C1CC. The van der Waals surface area contributed by atoms with E-state index in [0.29, 0.717) is 6.17 Å². The molecule has 0 spiro atoms. The fraction of sp³-hybridized carbons (Fsp3) is 0.364. The molecule has 132 valence electrons. The topological polar surface area (TPSA) is 26.7 Å². The number of hydrogen-bond donors (Lipinski definition) is 1. The van der Waals surface area contributed by atoms with Crippen molar-refractivity contribution in [3.05, 3.63) is 77.9 Å². The third-order valence-electron chi connectivity index (χ3n) is 4.98. The molecule has 1 unspecified atom stereocenters. The van der Waals surface area contributed by atoms with Crippen molar-refractivity contribution >= 4 is 5.69 Å². The van der Waals surface area contributed by atoms with Crippen LogP contribution in [0.3, 0.4) is 0 Å². The van der Waals surface area contributed by atoms with Gasteiger partial charge in [0.05, 0.1) is 5.70 Å². The third kappa shape index (κ3) is 3.51. The Hall–Kier alpha value is -2.42. The Balaban J connectivity index is 1.99. The molecule has 1 N–H and O–H groups in total. The van der Waals surface area contributed by atoms with Crippen molar-refractivity contribution in [1.82, 2.24) is 4.90 Å². The number of aliphatic hydroxyl groups is 1. The molecule has 3 rings (SSSR count). The molecule has 3 nitrogen and oxygen atoms in total. The lowest BCUT2D eigenvalue weighted by Gasteiger charge is -2.34. The van der Waals surface area contributed by atoms with Crippen molar-refractivity contribution in [3.63, 3.8) is 0 Å². The highest BCUT2D eigenvalue weighted by atomic mass is 16.3. The maximum absolute atomic E-state index is 9.59. The van der Waals surface area contributed by atoms with Crippen LogP contribution in [0.5, 0.6) is 0 Å². The maximum Gasteiger partial charge on any atom is 0.108 e. The van der Waals surface area contributed by atoms with Gasteiger partial charge in [-0.15, -0.1) is 0 Å². The quantitative estimate of drug-likeness (QED) is 0.548. The molecule has 0 fully saturated rings. The minimum absolute atomic E-state index is 0.141. The van der Waals surface area contributed by atoms with Gasteiger partial charge in [0.15, 0.2) is 0 Å². The molecule has 1 aliphatic heterocycles. The van der Waals surface area contributed by atoms with Crippen LogP contribution in [0.15, 0.2) is 77.9 Å². The molecule has 2 aliphatic rings. The molecule has 0 bridgehead atoms. The number of hydrogen-bond acceptors (Lipinski definition) is 3. The van der Waals surface area contributed by atoms with Gasteiger partial charge in [-0.1, -0.05) is 44.7 Å². The first-order chi connectivity index (χ1) is 12.2. The van der Waals surface area contributed by atoms with E-state index in [1.54, 1.807) is 0 Å². The fourth-order valence-corrected chi connectivity index (χ4v) is 3.85. The minimum Gasteiger partial charge on any atom is -0.509 e. The van der Waals surface area contributed by atoms with Crippen LogP contribution in [0.25, 0.3) is 0 Å². The molecule has 1 atom stereocenters. The highest BCUT2D eigenvalue weighted by Gasteiger charge is 2.37. The van der Waals surface area contributed by atoms with Gasteiger partial charge in [0.1, 0.15) is 11.9 Å². The minimum atomic E-state index is 0.141. The summed E-state index contributed by atoms with van der Waals surface area (Å²) in [5.41, 5.74) is 5.19. The van der Waals surface area contributed by atoms with E-state index in [-0.39, 0.29) is 5.76 Å². The normalized spacial score (nSPS) is 20.2. The van der Waals surface area contributed by atoms with Crippen LogP contribution < -0.4 is 4.90 Å². The molecule has 0 aromatic heterocycles. The van der Waals surface area contributed by atoms with Gasteiger partial charge in [0, 0.05) is 17.9 Å². The van der Waals surface area contributed by atoms with E-state index in [1.807, 2.05) is 6.08 Å². The van der Waals surface area contributed by atoms with Crippen molar-refractivity contribution < 1.29 is 5.11 Å². The van der Waals surface area contributed by atoms with Crippen LogP contribution >= 0.6 is 0 Å². The van der Waals surface area contributed by atoms with Crippen LogP contribution in [0.1, 0.15) is 39.5 Å². The first-order valence-corrected chi connectivity index (χ1v) is 9.23. The Kier molecular flexibility index (Phi) is 5.32. The predicted molar refractivity (Wildman–Crippen MR) is 105 cm³/mol. The van der Waals surface area contributed by atoms with Crippen molar-refractivity contribution in [2.45, 2.75) is 45.7 Å². The van der Waals surface area contributed by atoms with E-state index in [4.69, 9.17) is 0 Å². The second kappa shape index (κ2) is 7.64. The van der Waals surface area contributed by atoms with Crippen LogP contribution in [0.4, 0.5) is 5.69 Å². The van der Waals surface area contributed by atoms with E-state index >= 15 is 0 Å². The molecule has 1 aromatic rings. The van der Waals surface area contributed by atoms with Crippen LogP contribution in [-0.4, -0.2) is 22.7 Å². The zero-order valence-corrected chi connectivity index (χ0v) is 15.3. The summed E-state index contributed by atoms with van der Waals surface area (Å²) < 4.78 is 0. The summed E-state index contributed by atoms with van der Waals surface area (Å²) >= 11 is 0. The van der Waals surface area contributed by atoms with Crippen molar-refractivity contribution in [2.75, 3.05) is 11.4 Å². The van der Waals surface area contributed by atoms with Crippen molar-refractivity contribution in [1.29, 1.82) is 0 Å². The summed E-state index contributed by atoms with van der Waals surface area (Å²) in [6.45, 7) is 8.85. The summed E-state index contributed by atoms with van der Waals surface area (Å²) in [5, 5.41) is 9.59. The smallest absolute Gasteiger partial charge is 0.108 e. The van der Waals surface area contributed by atoms with E-state index in [1.165, 1.54) is 22.7 Å². The van der Waals surface area contributed by atoms with Gasteiger partial charge in [0.25, 0.3) is 0 Å². The molecule has 0 saturated heterocycles. The molecule has 1 aromatic carbocycles. The standard InChI is InChI=1S/C22H28N2O/c1-4-18(15-17(3)25)16-23-20-13-9-10-14-21(20)24(22(23)5-2)19-11-7-6-8-12-19/h6-8,10-12,14-15,22,25H,3-5,9,13,16H2,1-2H3/b18-15+. The number of para-hydroxylation sites is 1. The first-order valence-electron chi connectivity index (χ1n) is 9.23. The van der Waals surface area contributed by atoms with Crippen molar-refractivity contribution in [2.24, 2.45) is 0 Å². The Morgan fingerprint density at radius 2 is 2.04 bits per heavy atom. The predicted octanol–water partition coefficient (Wildman–Crippen LogP) is 5.51. The highest BCUT2D eigenvalue weighted by molar-refractivity contribution is 5.60. The van der Waals surface area contributed by atoms with Gasteiger partial charge < -0.3 is 14.9 Å². The second-order valence-corrected chi connectivity index (χ2v) is 6.64. The molecular weight excluding hydrogens is 308 g/mol. The van der Waals surface area contributed by atoms with E-state index < -0.39 is 0 Å². The lowest BCUT2D eigenvalue weighted by molar-refractivity contribution is 0.282. The number of nitrogens with zero attached hydrogens (tertiary/aromatic N) is 2.